The fourth-order valence-corrected chi connectivity index (χ4v) is 3.56. The van der Waals surface area contributed by atoms with Gasteiger partial charge in [0.1, 0.15) is 0 Å². The molecule has 0 spiro atoms. The molecule has 0 aromatic carbocycles. The van der Waals surface area contributed by atoms with Gasteiger partial charge < -0.3 is 19.7 Å². The van der Waals surface area contributed by atoms with Crippen molar-refractivity contribution in [3.05, 3.63) is 12.2 Å². The number of aliphatic hydroxyl groups excluding tert-OH is 1. The maximum absolute atomic E-state index is 10.8. The molecule has 0 saturated carbocycles. The zero-order valence-corrected chi connectivity index (χ0v) is 13.3. The first-order valence-electron chi connectivity index (χ1n) is 6.09. The molecule has 0 heterocycles. The van der Waals surface area contributed by atoms with Crippen LogP contribution in [0.2, 0.25) is 12.6 Å². The van der Waals surface area contributed by atoms with Crippen LogP contribution in [0.25, 0.3) is 0 Å². The lowest BCUT2D eigenvalue weighted by Crippen LogP contribution is -2.41. The van der Waals surface area contributed by atoms with Crippen LogP contribution in [0, 0.1) is 0 Å². The molecule has 0 aliphatic carbocycles. The van der Waals surface area contributed by atoms with Crippen molar-refractivity contribution < 1.29 is 28.3 Å². The Hall–Kier alpha value is -1.67. The Labute approximate surface area is 120 Å². The van der Waals surface area contributed by atoms with Crippen LogP contribution in [0.3, 0.4) is 0 Å². The van der Waals surface area contributed by atoms with Crippen LogP contribution in [0.15, 0.2) is 12.2 Å². The highest BCUT2D eigenvalue weighted by Crippen LogP contribution is 2.16. The van der Waals surface area contributed by atoms with E-state index in [2.05, 4.69) is 5.73 Å². The van der Waals surface area contributed by atoms with Gasteiger partial charge in [-0.1, -0.05) is 6.08 Å². The zero-order chi connectivity index (χ0) is 16.2. The average Bonchev–Trinajstić information content (AvgIpc) is 2.24. The molecule has 1 amide bonds. The highest BCUT2D eigenvalue weighted by molar-refractivity contribution is 6.69. The Morgan fingerprint density at radius 2 is 1.65 bits per heavy atom. The quantitative estimate of drug-likeness (QED) is 0.549. The van der Waals surface area contributed by atoms with Crippen LogP contribution in [0.4, 0.5) is 0 Å². The maximum Gasteiger partial charge on any atom is 0.461 e. The second-order valence-corrected chi connectivity index (χ2v) is 7.23. The number of rotatable bonds is 6. The SMILES string of the molecule is CC(=O)O[Si](C)(CCCO)OC(C)=O.CC=CC(N)=O. The summed E-state index contributed by atoms with van der Waals surface area (Å²) in [5, 5.41) is 8.64. The molecule has 0 radical (unpaired) electrons. The van der Waals surface area contributed by atoms with Crippen LogP contribution in [0.5, 0.6) is 0 Å². The number of aliphatic hydroxyl groups is 1. The fraction of sp³-hybridized carbons (Fsp3) is 0.583. The second-order valence-electron chi connectivity index (χ2n) is 4.05. The molecular weight excluding hydrogens is 282 g/mol. The molecule has 0 bridgehead atoms. The van der Waals surface area contributed by atoms with Crippen LogP contribution in [-0.2, 0) is 23.2 Å². The molecule has 0 atom stereocenters. The summed E-state index contributed by atoms with van der Waals surface area (Å²) in [4.78, 5) is 31.3. The summed E-state index contributed by atoms with van der Waals surface area (Å²) < 4.78 is 9.99. The van der Waals surface area contributed by atoms with Gasteiger partial charge in [0, 0.05) is 33.0 Å². The van der Waals surface area contributed by atoms with E-state index in [9.17, 15) is 14.4 Å². The number of nitrogens with two attached hydrogens (primary N) is 1. The van der Waals surface area contributed by atoms with E-state index >= 15 is 0 Å². The van der Waals surface area contributed by atoms with Gasteiger partial charge in [-0.2, -0.15) is 0 Å². The molecule has 8 heteroatoms. The monoisotopic (exact) mass is 305 g/mol. The highest BCUT2D eigenvalue weighted by Gasteiger charge is 2.37. The predicted molar refractivity (Wildman–Crippen MR) is 75.7 cm³/mol. The lowest BCUT2D eigenvalue weighted by atomic mass is 10.5. The molecule has 0 aliphatic heterocycles. The van der Waals surface area contributed by atoms with E-state index in [1.807, 2.05) is 0 Å². The Morgan fingerprint density at radius 3 is 1.85 bits per heavy atom. The molecule has 0 saturated heterocycles. The van der Waals surface area contributed by atoms with Gasteiger partial charge in [0.25, 0.3) is 11.9 Å². The van der Waals surface area contributed by atoms with Crippen LogP contribution in [-0.4, -0.2) is 38.1 Å². The summed E-state index contributed by atoms with van der Waals surface area (Å²) >= 11 is 0. The molecule has 0 aliphatic rings. The van der Waals surface area contributed by atoms with Gasteiger partial charge >= 0.3 is 8.56 Å². The van der Waals surface area contributed by atoms with Crippen LogP contribution in [0.1, 0.15) is 27.2 Å². The van der Waals surface area contributed by atoms with E-state index in [-0.39, 0.29) is 6.61 Å². The number of primary amides is 1. The first kappa shape index (κ1) is 20.6. The average molecular weight is 305 g/mol. The van der Waals surface area contributed by atoms with Crippen molar-refractivity contribution in [2.45, 2.75) is 39.8 Å². The maximum atomic E-state index is 10.8. The molecule has 0 fully saturated rings. The smallest absolute Gasteiger partial charge is 0.461 e. The lowest BCUT2D eigenvalue weighted by Gasteiger charge is -2.24. The van der Waals surface area contributed by atoms with Gasteiger partial charge in [-0.15, -0.1) is 0 Å². The van der Waals surface area contributed by atoms with Crippen LogP contribution >= 0.6 is 0 Å². The standard InChI is InChI=1S/C8H16O5Si.C4H7NO/c1-7(10)12-14(3,6-4-5-9)13-8(2)11;1-2-3-4(5)6/h9H,4-6H2,1-3H3;2-3H,1H3,(H2,5,6). The molecule has 20 heavy (non-hydrogen) atoms. The second kappa shape index (κ2) is 11.2. The van der Waals surface area contributed by atoms with Gasteiger partial charge in [0.05, 0.1) is 0 Å². The Balaban J connectivity index is 0. The summed E-state index contributed by atoms with van der Waals surface area (Å²) in [6.45, 7) is 5.91. The van der Waals surface area contributed by atoms with Crippen molar-refractivity contribution in [3.8, 4) is 0 Å². The molecule has 7 nitrogen and oxygen atoms in total. The third-order valence-electron chi connectivity index (χ3n) is 1.84. The highest BCUT2D eigenvalue weighted by atomic mass is 28.4. The summed E-state index contributed by atoms with van der Waals surface area (Å²) in [5.74, 6) is -1.31. The number of allylic oxidation sites excluding steroid dienone is 1. The molecule has 0 aromatic heterocycles. The number of hydrogen-bond acceptors (Lipinski definition) is 6. The molecular formula is C12H23NO6Si. The van der Waals surface area contributed by atoms with Crippen molar-refractivity contribution >= 4 is 26.4 Å². The Bertz CT molecular complexity index is 340. The van der Waals surface area contributed by atoms with E-state index in [4.69, 9.17) is 14.0 Å². The van der Waals surface area contributed by atoms with Gasteiger partial charge in [-0.25, -0.2) is 0 Å². The number of carbonyl (C=O) groups is 3. The van der Waals surface area contributed by atoms with Gasteiger partial charge in [0.2, 0.25) is 5.91 Å². The topological polar surface area (TPSA) is 116 Å². The first-order valence-corrected chi connectivity index (χ1v) is 8.61. The van der Waals surface area contributed by atoms with Crippen molar-refractivity contribution in [1.29, 1.82) is 0 Å². The first-order chi connectivity index (χ1) is 9.16. The molecule has 3 N–H and O–H groups in total. The minimum absolute atomic E-state index is 0.00881. The summed E-state index contributed by atoms with van der Waals surface area (Å²) in [5.41, 5.74) is 4.68. The zero-order valence-electron chi connectivity index (χ0n) is 12.3. The number of hydrogen-bond donors (Lipinski definition) is 2. The largest absolute Gasteiger partial charge is 0.485 e. The van der Waals surface area contributed by atoms with Crippen LogP contribution < -0.4 is 5.73 Å². The normalized spacial score (nSPS) is 10.4. The lowest BCUT2D eigenvalue weighted by molar-refractivity contribution is -0.138. The molecule has 0 rings (SSSR count). The minimum Gasteiger partial charge on any atom is -0.485 e. The van der Waals surface area contributed by atoms with Crippen molar-refractivity contribution in [2.75, 3.05) is 6.61 Å². The van der Waals surface area contributed by atoms with E-state index < -0.39 is 26.4 Å². The summed E-state index contributed by atoms with van der Waals surface area (Å²) in [6, 6.07) is 0.419. The predicted octanol–water partition coefficient (Wildman–Crippen LogP) is 0.615. The molecule has 0 aromatic rings. The van der Waals surface area contributed by atoms with E-state index in [0.29, 0.717) is 12.5 Å². The Kier molecular flexibility index (Phi) is 11.5. The number of carbonyl (C=O) groups excluding carboxylic acids is 3. The van der Waals surface area contributed by atoms with Crippen molar-refractivity contribution in [2.24, 2.45) is 5.73 Å². The summed E-state index contributed by atoms with van der Waals surface area (Å²) in [7, 11) is -2.76. The van der Waals surface area contributed by atoms with E-state index in [0.717, 1.165) is 0 Å². The van der Waals surface area contributed by atoms with E-state index in [1.54, 1.807) is 19.5 Å². The fourth-order valence-electron chi connectivity index (χ4n) is 1.30. The van der Waals surface area contributed by atoms with Gasteiger partial charge in [-0.3, -0.25) is 14.4 Å². The molecule has 0 unspecified atom stereocenters. The third-order valence-corrected chi connectivity index (χ3v) is 4.54. The van der Waals surface area contributed by atoms with Crippen molar-refractivity contribution in [3.63, 3.8) is 0 Å². The third kappa shape index (κ3) is 14.4. The minimum atomic E-state index is -2.76. The summed E-state index contributed by atoms with van der Waals surface area (Å²) in [6.07, 6.45) is 3.37. The van der Waals surface area contributed by atoms with E-state index in [1.165, 1.54) is 19.9 Å². The van der Waals surface area contributed by atoms with Gasteiger partial charge in [-0.05, 0) is 19.4 Å². The van der Waals surface area contributed by atoms with Crippen molar-refractivity contribution in [1.82, 2.24) is 0 Å². The Morgan fingerprint density at radius 1 is 1.20 bits per heavy atom. The number of amides is 1. The van der Waals surface area contributed by atoms with Gasteiger partial charge in [0.15, 0.2) is 0 Å². The molecule has 116 valence electrons.